The number of hydrogen-bond donors (Lipinski definition) is 2. The van der Waals surface area contributed by atoms with Gasteiger partial charge in [0.15, 0.2) is 0 Å². The Labute approximate surface area is 193 Å². The maximum absolute atomic E-state index is 11.9. The minimum atomic E-state index is -1.17. The van der Waals surface area contributed by atoms with Crippen LogP contribution in [0.5, 0.6) is 5.75 Å². The number of nitriles is 1. The predicted octanol–water partition coefficient (Wildman–Crippen LogP) is 6.07. The van der Waals surface area contributed by atoms with Crippen LogP contribution in [0.15, 0.2) is 56.8 Å². The number of carboxylic acids is 1. The van der Waals surface area contributed by atoms with E-state index >= 15 is 0 Å². The van der Waals surface area contributed by atoms with Crippen LogP contribution in [-0.4, -0.2) is 17.0 Å². The van der Waals surface area contributed by atoms with Crippen LogP contribution in [0, 0.1) is 11.3 Å². The molecule has 0 saturated carbocycles. The van der Waals surface area contributed by atoms with Crippen molar-refractivity contribution in [3.8, 4) is 22.9 Å². The van der Waals surface area contributed by atoms with Crippen LogP contribution in [0.25, 0.3) is 11.1 Å². The van der Waals surface area contributed by atoms with E-state index in [9.17, 15) is 14.7 Å². The lowest BCUT2D eigenvalue weighted by atomic mass is 10.0. The summed E-state index contributed by atoms with van der Waals surface area (Å²) in [5, 5.41) is 22.7. The summed E-state index contributed by atoms with van der Waals surface area (Å²) in [5.74, 6) is -1.13. The number of carbonyl (C=O) groups is 2. The Morgan fingerprint density at radius 3 is 2.43 bits per heavy atom. The molecule has 0 bridgehead atoms. The molecule has 0 atom stereocenters. The average molecular weight is 550 g/mol. The largest absolute Gasteiger partial charge is 0.487 e. The highest BCUT2D eigenvalue weighted by atomic mass is 79.9. The third kappa shape index (κ3) is 5.08. The summed E-state index contributed by atoms with van der Waals surface area (Å²) in [6.07, 6.45) is -0.350. The Hall–Kier alpha value is -2.67. The van der Waals surface area contributed by atoms with Crippen LogP contribution in [0.2, 0.25) is 0 Å². The number of benzene rings is 2. The zero-order valence-corrected chi connectivity index (χ0v) is 19.3. The number of amides is 1. The minimum absolute atomic E-state index is 0.0250. The van der Waals surface area contributed by atoms with Crippen molar-refractivity contribution in [1.29, 1.82) is 5.26 Å². The lowest BCUT2D eigenvalue weighted by molar-refractivity contribution is -0.115. The number of thiophene rings is 1. The van der Waals surface area contributed by atoms with Gasteiger partial charge in [0.25, 0.3) is 0 Å². The van der Waals surface area contributed by atoms with Crippen LogP contribution >= 0.6 is 43.2 Å². The highest BCUT2D eigenvalue weighted by Crippen LogP contribution is 2.42. The monoisotopic (exact) mass is 548 g/mol. The van der Waals surface area contributed by atoms with Gasteiger partial charge in [-0.25, -0.2) is 4.79 Å². The van der Waals surface area contributed by atoms with Crippen molar-refractivity contribution >= 4 is 60.1 Å². The van der Waals surface area contributed by atoms with Gasteiger partial charge in [-0.05, 0) is 55.1 Å². The molecule has 2 aromatic carbocycles. The van der Waals surface area contributed by atoms with Gasteiger partial charge >= 0.3 is 5.97 Å². The Morgan fingerprint density at radius 1 is 1.17 bits per heavy atom. The molecule has 6 nitrogen and oxygen atoms in total. The van der Waals surface area contributed by atoms with Crippen molar-refractivity contribution in [1.82, 2.24) is 0 Å². The number of carboxylic acid groups (broad SMARTS) is 1. The van der Waals surface area contributed by atoms with Gasteiger partial charge in [-0.1, -0.05) is 30.3 Å². The summed E-state index contributed by atoms with van der Waals surface area (Å²) in [4.78, 5) is 23.6. The number of nitrogens with zero attached hydrogens (tertiary/aromatic N) is 1. The SMILES string of the molecule is N#CCC(=O)Nc1scc(-c2cc(Br)c(OCc3ccccc3)c(Br)c2)c1C(=O)O. The Morgan fingerprint density at radius 2 is 1.83 bits per heavy atom. The fourth-order valence-electron chi connectivity index (χ4n) is 2.70. The molecule has 30 heavy (non-hydrogen) atoms. The van der Waals surface area contributed by atoms with Gasteiger partial charge in [0.2, 0.25) is 5.91 Å². The van der Waals surface area contributed by atoms with Crippen LogP contribution in [0.3, 0.4) is 0 Å². The highest BCUT2D eigenvalue weighted by molar-refractivity contribution is 9.11. The number of nitrogens with one attached hydrogen (secondary N) is 1. The van der Waals surface area contributed by atoms with Crippen molar-refractivity contribution < 1.29 is 19.4 Å². The molecular formula is C21H14Br2N2O4S. The van der Waals surface area contributed by atoms with E-state index < -0.39 is 11.9 Å². The molecule has 0 radical (unpaired) electrons. The number of hydrogen-bond acceptors (Lipinski definition) is 5. The fourth-order valence-corrected chi connectivity index (χ4v) is 5.09. The Bertz CT molecular complexity index is 1120. The summed E-state index contributed by atoms with van der Waals surface area (Å²) in [7, 11) is 0. The first-order chi connectivity index (χ1) is 14.4. The number of rotatable bonds is 7. The van der Waals surface area contributed by atoms with E-state index in [1.54, 1.807) is 23.6 Å². The van der Waals surface area contributed by atoms with Gasteiger partial charge in [-0.2, -0.15) is 5.26 Å². The summed E-state index contributed by atoms with van der Waals surface area (Å²) < 4.78 is 7.22. The zero-order chi connectivity index (χ0) is 21.7. The highest BCUT2D eigenvalue weighted by Gasteiger charge is 2.22. The molecule has 1 heterocycles. The molecule has 0 aliphatic carbocycles. The number of ether oxygens (including phenoxy) is 1. The third-order valence-electron chi connectivity index (χ3n) is 4.03. The van der Waals surface area contributed by atoms with Crippen molar-refractivity contribution in [2.45, 2.75) is 13.0 Å². The van der Waals surface area contributed by atoms with Crippen molar-refractivity contribution in [2.75, 3.05) is 5.32 Å². The summed E-state index contributed by atoms with van der Waals surface area (Å²) >= 11 is 8.08. The first kappa shape index (κ1) is 22.0. The standard InChI is InChI=1S/C21H14Br2N2O4S/c22-15-8-13(9-16(23)19(15)29-10-12-4-2-1-3-5-12)14-11-30-20(18(14)21(27)28)25-17(26)6-7-24/h1-5,8-9,11H,6,10H2,(H,25,26)(H,27,28). The molecule has 3 aromatic rings. The minimum Gasteiger partial charge on any atom is -0.487 e. The maximum atomic E-state index is 11.9. The molecule has 2 N–H and O–H groups in total. The average Bonchev–Trinajstić information content (AvgIpc) is 3.12. The van der Waals surface area contributed by atoms with Crippen LogP contribution in [-0.2, 0) is 11.4 Å². The molecule has 0 spiro atoms. The lowest BCUT2D eigenvalue weighted by Crippen LogP contribution is -2.12. The van der Waals surface area contributed by atoms with Gasteiger partial charge < -0.3 is 15.2 Å². The van der Waals surface area contributed by atoms with Crippen molar-refractivity contribution in [2.24, 2.45) is 0 Å². The van der Waals surface area contributed by atoms with Crippen LogP contribution < -0.4 is 10.1 Å². The molecule has 3 rings (SSSR count). The van der Waals surface area contributed by atoms with E-state index in [4.69, 9.17) is 10.00 Å². The maximum Gasteiger partial charge on any atom is 0.339 e. The van der Waals surface area contributed by atoms with Gasteiger partial charge in [0, 0.05) is 10.9 Å². The quantitative estimate of drug-likeness (QED) is 0.372. The summed E-state index contributed by atoms with van der Waals surface area (Å²) in [6.45, 7) is 0.380. The molecule has 0 fully saturated rings. The molecule has 9 heteroatoms. The third-order valence-corrected chi connectivity index (χ3v) is 6.11. The molecule has 0 unspecified atom stereocenters. The second kappa shape index (κ2) is 9.89. The van der Waals surface area contributed by atoms with E-state index in [1.165, 1.54) is 0 Å². The molecule has 1 aromatic heterocycles. The molecule has 1 amide bonds. The molecule has 0 saturated heterocycles. The van der Waals surface area contributed by atoms with Gasteiger partial charge in [0.1, 0.15) is 29.3 Å². The second-order valence-electron chi connectivity index (χ2n) is 6.09. The van der Waals surface area contributed by atoms with Crippen molar-refractivity contribution in [3.63, 3.8) is 0 Å². The Kier molecular flexibility index (Phi) is 7.26. The first-order valence-corrected chi connectivity index (χ1v) is 11.0. The van der Waals surface area contributed by atoms with Gasteiger partial charge in [0.05, 0.1) is 15.0 Å². The second-order valence-corrected chi connectivity index (χ2v) is 8.67. The van der Waals surface area contributed by atoms with Crippen LogP contribution in [0.1, 0.15) is 22.3 Å². The van der Waals surface area contributed by atoms with Crippen LogP contribution in [0.4, 0.5) is 5.00 Å². The predicted molar refractivity (Wildman–Crippen MR) is 122 cm³/mol. The van der Waals surface area contributed by atoms with E-state index in [2.05, 4.69) is 37.2 Å². The topological polar surface area (TPSA) is 99.4 Å². The van der Waals surface area contributed by atoms with Gasteiger partial charge in [-0.15, -0.1) is 11.3 Å². The number of halogens is 2. The van der Waals surface area contributed by atoms with E-state index in [0.717, 1.165) is 16.9 Å². The summed E-state index contributed by atoms with van der Waals surface area (Å²) in [5.41, 5.74) is 2.08. The molecule has 0 aliphatic heterocycles. The van der Waals surface area contributed by atoms with Gasteiger partial charge in [-0.3, -0.25) is 4.79 Å². The smallest absolute Gasteiger partial charge is 0.339 e. The van der Waals surface area contributed by atoms with E-state index in [-0.39, 0.29) is 17.0 Å². The molecule has 0 aliphatic rings. The lowest BCUT2D eigenvalue weighted by Gasteiger charge is -2.13. The number of aromatic carboxylic acids is 1. The number of carbonyl (C=O) groups excluding carboxylic acids is 1. The summed E-state index contributed by atoms with van der Waals surface area (Å²) in [6, 6.07) is 15.0. The first-order valence-electron chi connectivity index (χ1n) is 8.58. The normalized spacial score (nSPS) is 10.3. The van der Waals surface area contributed by atoms with Crippen molar-refractivity contribution in [3.05, 3.63) is 67.9 Å². The van der Waals surface area contributed by atoms with E-state index in [1.807, 2.05) is 30.3 Å². The Balaban J connectivity index is 1.91. The molecular weight excluding hydrogens is 536 g/mol. The fraction of sp³-hybridized carbons (Fsp3) is 0.0952. The molecule has 152 valence electrons. The number of anilines is 1. The van der Waals surface area contributed by atoms with E-state index in [0.29, 0.717) is 32.4 Å². The zero-order valence-electron chi connectivity index (χ0n) is 15.3.